The maximum absolute atomic E-state index is 8.07. The van der Waals surface area contributed by atoms with Crippen LogP contribution in [0.3, 0.4) is 0 Å². The Kier molecular flexibility index (Phi) is 4.09. The molecule has 0 unspecified atom stereocenters. The molecule has 0 aliphatic rings. The summed E-state index contributed by atoms with van der Waals surface area (Å²) >= 11 is 9.13. The van der Waals surface area contributed by atoms with Crippen molar-refractivity contribution in [3.05, 3.63) is 43.7 Å². The van der Waals surface area contributed by atoms with Crippen LogP contribution < -0.4 is 0 Å². The lowest BCUT2D eigenvalue weighted by Crippen LogP contribution is -1.88. The molecule has 0 atom stereocenters. The summed E-state index contributed by atoms with van der Waals surface area (Å²) in [6, 6.07) is 5.66. The summed E-state index contributed by atoms with van der Waals surface area (Å²) in [6.07, 6.45) is 0.736. The Bertz CT molecular complexity index is 347. The Morgan fingerprint density at radius 3 is 2.92 bits per heavy atom. The second-order valence-corrected chi connectivity index (χ2v) is 3.71. The minimum absolute atomic E-state index is 0.477. The van der Waals surface area contributed by atoms with Gasteiger partial charge in [0.15, 0.2) is 0 Å². The predicted molar refractivity (Wildman–Crippen MR) is 56.9 cm³/mol. The van der Waals surface area contributed by atoms with E-state index in [0.717, 1.165) is 16.5 Å². The van der Waals surface area contributed by atoms with Gasteiger partial charge in [-0.05, 0) is 45.6 Å². The van der Waals surface area contributed by atoms with Crippen molar-refractivity contribution < 1.29 is 0 Å². The molecule has 0 aromatic heterocycles. The maximum atomic E-state index is 8.07. The Morgan fingerprint density at radius 1 is 1.54 bits per heavy atom. The maximum Gasteiger partial charge on any atom is 0.0548 e. The van der Waals surface area contributed by atoms with Gasteiger partial charge < -0.3 is 0 Å². The minimum Gasteiger partial charge on any atom is -0.0936 e. The van der Waals surface area contributed by atoms with Gasteiger partial charge in [-0.1, -0.05) is 22.8 Å². The van der Waals surface area contributed by atoms with E-state index in [1.165, 1.54) is 0 Å². The Labute approximate surface area is 89.5 Å². The monoisotopic (exact) mass is 259 g/mol. The normalized spacial score (nSPS) is 9.38. The highest BCUT2D eigenvalue weighted by Crippen LogP contribution is 2.23. The van der Waals surface area contributed by atoms with Gasteiger partial charge in [0.05, 0.1) is 5.02 Å². The molecule has 0 N–H and O–H groups in total. The van der Waals surface area contributed by atoms with Crippen molar-refractivity contribution in [3.8, 4) is 0 Å². The number of hydrogen-bond acceptors (Lipinski definition) is 1. The van der Waals surface area contributed by atoms with Gasteiger partial charge in [-0.3, -0.25) is 0 Å². The summed E-state index contributed by atoms with van der Waals surface area (Å²) in [5, 5.41) is 4.14. The third kappa shape index (κ3) is 3.27. The standard InChI is InChI=1S/C8H7BrClN3/c9-7-5-6(1-2-8(7)10)3-4-12-13-11/h1-2,5H,3-4H2. The summed E-state index contributed by atoms with van der Waals surface area (Å²) in [5.74, 6) is 0. The zero-order chi connectivity index (χ0) is 9.68. The molecule has 0 aliphatic carbocycles. The van der Waals surface area contributed by atoms with Crippen molar-refractivity contribution in [2.75, 3.05) is 6.54 Å². The van der Waals surface area contributed by atoms with E-state index < -0.39 is 0 Å². The molecule has 0 saturated carbocycles. The summed E-state index contributed by atoms with van der Waals surface area (Å²) in [5.41, 5.74) is 9.17. The number of rotatable bonds is 3. The van der Waals surface area contributed by atoms with Gasteiger partial charge in [-0.15, -0.1) is 0 Å². The van der Waals surface area contributed by atoms with Gasteiger partial charge >= 0.3 is 0 Å². The van der Waals surface area contributed by atoms with E-state index >= 15 is 0 Å². The van der Waals surface area contributed by atoms with Gasteiger partial charge in [0.2, 0.25) is 0 Å². The molecule has 0 bridgehead atoms. The SMILES string of the molecule is [N-]=[N+]=NCCc1ccc(Cl)c(Br)c1. The summed E-state index contributed by atoms with van der Waals surface area (Å²) in [4.78, 5) is 2.68. The number of hydrogen-bond donors (Lipinski definition) is 0. The highest BCUT2D eigenvalue weighted by molar-refractivity contribution is 9.10. The molecule has 0 spiro atoms. The van der Waals surface area contributed by atoms with Gasteiger partial charge in [0.25, 0.3) is 0 Å². The summed E-state index contributed by atoms with van der Waals surface area (Å²) in [7, 11) is 0. The van der Waals surface area contributed by atoms with Gasteiger partial charge in [-0.2, -0.15) is 0 Å². The molecule has 0 aliphatic heterocycles. The first-order valence-corrected chi connectivity index (χ1v) is 4.86. The van der Waals surface area contributed by atoms with Crippen LogP contribution in [-0.2, 0) is 6.42 Å². The molecule has 0 saturated heterocycles. The molecule has 68 valence electrons. The van der Waals surface area contributed by atoms with Crippen molar-refractivity contribution in [3.63, 3.8) is 0 Å². The molecule has 0 amide bonds. The zero-order valence-corrected chi connectivity index (χ0v) is 9.09. The molecular formula is C8H7BrClN3. The van der Waals surface area contributed by atoms with Crippen LogP contribution in [0, 0.1) is 0 Å². The zero-order valence-electron chi connectivity index (χ0n) is 6.74. The van der Waals surface area contributed by atoms with E-state index in [1.807, 2.05) is 18.2 Å². The molecular weight excluding hydrogens is 253 g/mol. The largest absolute Gasteiger partial charge is 0.0936 e. The highest BCUT2D eigenvalue weighted by Gasteiger charge is 1.97. The average Bonchev–Trinajstić information content (AvgIpc) is 2.12. The number of benzene rings is 1. The van der Waals surface area contributed by atoms with E-state index in [0.29, 0.717) is 11.6 Å². The lowest BCUT2D eigenvalue weighted by Gasteiger charge is -2.00. The second-order valence-electron chi connectivity index (χ2n) is 2.45. The van der Waals surface area contributed by atoms with Crippen LogP contribution in [0.5, 0.6) is 0 Å². The van der Waals surface area contributed by atoms with Crippen LogP contribution in [0.2, 0.25) is 5.02 Å². The average molecular weight is 261 g/mol. The molecule has 0 fully saturated rings. The van der Waals surface area contributed by atoms with Crippen molar-refractivity contribution >= 4 is 27.5 Å². The third-order valence-electron chi connectivity index (χ3n) is 1.55. The van der Waals surface area contributed by atoms with Crippen molar-refractivity contribution in [1.82, 2.24) is 0 Å². The van der Waals surface area contributed by atoms with Crippen LogP contribution in [0.1, 0.15) is 5.56 Å². The van der Waals surface area contributed by atoms with Crippen molar-refractivity contribution in [2.45, 2.75) is 6.42 Å². The Balaban J connectivity index is 2.68. The van der Waals surface area contributed by atoms with E-state index in [-0.39, 0.29) is 0 Å². The van der Waals surface area contributed by atoms with E-state index in [4.69, 9.17) is 17.1 Å². The Morgan fingerprint density at radius 2 is 2.31 bits per heavy atom. The molecule has 0 heterocycles. The topological polar surface area (TPSA) is 48.8 Å². The van der Waals surface area contributed by atoms with Crippen LogP contribution in [0.15, 0.2) is 27.8 Å². The quantitative estimate of drug-likeness (QED) is 0.449. The van der Waals surface area contributed by atoms with Crippen LogP contribution >= 0.6 is 27.5 Å². The third-order valence-corrected chi connectivity index (χ3v) is 2.76. The number of nitrogens with zero attached hydrogens (tertiary/aromatic N) is 3. The first kappa shape index (κ1) is 10.4. The first-order valence-electron chi connectivity index (χ1n) is 3.69. The van der Waals surface area contributed by atoms with Gasteiger partial charge in [0, 0.05) is 15.9 Å². The second kappa shape index (κ2) is 5.12. The predicted octanol–water partition coefficient (Wildman–Crippen LogP) is 3.96. The Hall–Kier alpha value is -0.700. The highest BCUT2D eigenvalue weighted by atomic mass is 79.9. The number of halogens is 2. The summed E-state index contributed by atoms with van der Waals surface area (Å²) < 4.78 is 0.868. The van der Waals surface area contributed by atoms with E-state index in [2.05, 4.69) is 26.0 Å². The number of azide groups is 1. The van der Waals surface area contributed by atoms with Crippen molar-refractivity contribution in [2.24, 2.45) is 5.11 Å². The summed E-state index contributed by atoms with van der Waals surface area (Å²) in [6.45, 7) is 0.477. The fourth-order valence-corrected chi connectivity index (χ4v) is 1.46. The van der Waals surface area contributed by atoms with Crippen molar-refractivity contribution in [1.29, 1.82) is 0 Å². The molecule has 1 aromatic carbocycles. The molecule has 5 heteroatoms. The van der Waals surface area contributed by atoms with E-state index in [9.17, 15) is 0 Å². The van der Waals surface area contributed by atoms with Gasteiger partial charge in [0.1, 0.15) is 0 Å². The van der Waals surface area contributed by atoms with Crippen LogP contribution in [0.4, 0.5) is 0 Å². The van der Waals surface area contributed by atoms with E-state index in [1.54, 1.807) is 0 Å². The molecule has 1 aromatic rings. The molecule has 1 rings (SSSR count). The fourth-order valence-electron chi connectivity index (χ4n) is 0.919. The van der Waals surface area contributed by atoms with Crippen LogP contribution in [0.25, 0.3) is 10.4 Å². The smallest absolute Gasteiger partial charge is 0.0548 e. The minimum atomic E-state index is 0.477. The lowest BCUT2D eigenvalue weighted by atomic mass is 10.2. The molecule has 3 nitrogen and oxygen atoms in total. The molecule has 0 radical (unpaired) electrons. The van der Waals surface area contributed by atoms with Gasteiger partial charge in [-0.25, -0.2) is 0 Å². The first-order chi connectivity index (χ1) is 6.24. The fraction of sp³-hybridized carbons (Fsp3) is 0.250. The van der Waals surface area contributed by atoms with Crippen LogP contribution in [-0.4, -0.2) is 6.54 Å². The lowest BCUT2D eigenvalue weighted by molar-refractivity contribution is 0.955. The molecule has 13 heavy (non-hydrogen) atoms.